The molecule has 0 aliphatic rings. The van der Waals surface area contributed by atoms with Gasteiger partial charge in [-0.2, -0.15) is 0 Å². The van der Waals surface area contributed by atoms with Crippen LogP contribution in [-0.2, 0) is 9.84 Å². The minimum absolute atomic E-state index is 0.00519. The van der Waals surface area contributed by atoms with Gasteiger partial charge in [-0.25, -0.2) is 12.8 Å². The van der Waals surface area contributed by atoms with Crippen LogP contribution in [-0.4, -0.2) is 19.7 Å². The molecule has 5 heteroatoms. The smallest absolute Gasteiger partial charge is 0.177 e. The molecular weight excluding hydrogens is 205 g/mol. The Balaban J connectivity index is 2.94. The lowest BCUT2D eigenvalue weighted by Crippen LogP contribution is -1.96. The van der Waals surface area contributed by atoms with Gasteiger partial charge in [-0.05, 0) is 12.1 Å². The first-order valence-corrected chi connectivity index (χ1v) is 5.85. The summed E-state index contributed by atoms with van der Waals surface area (Å²) in [6.07, 6.45) is 2.37. The van der Waals surface area contributed by atoms with Crippen LogP contribution in [0.4, 0.5) is 4.39 Å². The molecule has 0 atom stereocenters. The third-order valence-electron chi connectivity index (χ3n) is 2.02. The maximum atomic E-state index is 13.3. The van der Waals surface area contributed by atoms with Crippen molar-refractivity contribution in [2.45, 2.75) is 4.90 Å². The standard InChI is InChI=1S/C9H8FNO2S/c1-14(12,13)8-5-11-7-4-2-3-6(10)9(7)8/h2-5,11H,1H3. The molecule has 0 saturated carbocycles. The summed E-state index contributed by atoms with van der Waals surface area (Å²) in [5.41, 5.74) is 0.491. The molecule has 3 nitrogen and oxygen atoms in total. The Labute approximate surface area is 80.5 Å². The molecule has 0 fully saturated rings. The minimum atomic E-state index is -3.38. The first-order chi connectivity index (χ1) is 6.50. The highest BCUT2D eigenvalue weighted by Crippen LogP contribution is 2.24. The lowest BCUT2D eigenvalue weighted by molar-refractivity contribution is 0.600. The van der Waals surface area contributed by atoms with Crippen LogP contribution in [0.5, 0.6) is 0 Å². The molecule has 1 heterocycles. The van der Waals surface area contributed by atoms with E-state index in [0.717, 1.165) is 6.26 Å². The largest absolute Gasteiger partial charge is 0.360 e. The van der Waals surface area contributed by atoms with Gasteiger partial charge in [-0.3, -0.25) is 0 Å². The van der Waals surface area contributed by atoms with Crippen LogP contribution < -0.4 is 0 Å². The Morgan fingerprint density at radius 1 is 1.36 bits per heavy atom. The molecule has 0 spiro atoms. The number of rotatable bonds is 1. The lowest BCUT2D eigenvalue weighted by Gasteiger charge is -1.96. The Hall–Kier alpha value is -1.36. The highest BCUT2D eigenvalue weighted by Gasteiger charge is 2.16. The molecule has 2 rings (SSSR count). The normalized spacial score (nSPS) is 12.1. The molecule has 0 saturated heterocycles. The Morgan fingerprint density at radius 2 is 2.07 bits per heavy atom. The molecule has 0 bridgehead atoms. The second-order valence-electron chi connectivity index (χ2n) is 3.09. The maximum absolute atomic E-state index is 13.3. The van der Waals surface area contributed by atoms with Gasteiger partial charge in [0.25, 0.3) is 0 Å². The molecule has 2 aromatic rings. The van der Waals surface area contributed by atoms with E-state index in [0.29, 0.717) is 5.52 Å². The number of nitrogens with one attached hydrogen (secondary N) is 1. The third kappa shape index (κ3) is 1.29. The SMILES string of the molecule is CS(=O)(=O)c1c[nH]c2cccc(F)c12. The van der Waals surface area contributed by atoms with Crippen molar-refractivity contribution in [1.82, 2.24) is 4.98 Å². The average Bonchev–Trinajstić information content (AvgIpc) is 2.47. The number of aromatic amines is 1. The zero-order chi connectivity index (χ0) is 10.3. The number of hydrogen-bond donors (Lipinski definition) is 1. The molecule has 74 valence electrons. The van der Waals surface area contributed by atoms with E-state index in [2.05, 4.69) is 4.98 Å². The third-order valence-corrected chi connectivity index (χ3v) is 3.14. The monoisotopic (exact) mass is 213 g/mol. The van der Waals surface area contributed by atoms with Crippen LogP contribution in [0.3, 0.4) is 0 Å². The van der Waals surface area contributed by atoms with E-state index in [4.69, 9.17) is 0 Å². The van der Waals surface area contributed by atoms with Gasteiger partial charge in [-0.15, -0.1) is 0 Å². The molecule has 1 aromatic carbocycles. The number of halogens is 1. The molecule has 0 amide bonds. The van der Waals surface area contributed by atoms with Crippen LogP contribution >= 0.6 is 0 Å². The van der Waals surface area contributed by atoms with Crippen LogP contribution in [0, 0.1) is 5.82 Å². The highest BCUT2D eigenvalue weighted by atomic mass is 32.2. The van der Waals surface area contributed by atoms with Crippen molar-refractivity contribution in [3.8, 4) is 0 Å². The van der Waals surface area contributed by atoms with E-state index >= 15 is 0 Å². The van der Waals surface area contributed by atoms with Crippen molar-refractivity contribution in [3.05, 3.63) is 30.2 Å². The van der Waals surface area contributed by atoms with Crippen molar-refractivity contribution in [3.63, 3.8) is 0 Å². The predicted molar refractivity (Wildman–Crippen MR) is 51.4 cm³/mol. The van der Waals surface area contributed by atoms with Crippen LogP contribution in [0.2, 0.25) is 0 Å². The van der Waals surface area contributed by atoms with Crippen molar-refractivity contribution >= 4 is 20.7 Å². The lowest BCUT2D eigenvalue weighted by atomic mass is 10.2. The summed E-state index contributed by atoms with van der Waals surface area (Å²) < 4.78 is 35.9. The van der Waals surface area contributed by atoms with Crippen LogP contribution in [0.25, 0.3) is 10.9 Å². The fourth-order valence-corrected chi connectivity index (χ4v) is 2.25. The van der Waals surface area contributed by atoms with Gasteiger partial charge in [0.1, 0.15) is 5.82 Å². The summed E-state index contributed by atoms with van der Waals surface area (Å²) in [7, 11) is -3.38. The van der Waals surface area contributed by atoms with E-state index in [1.54, 1.807) is 6.07 Å². The topological polar surface area (TPSA) is 49.9 Å². The van der Waals surface area contributed by atoms with Gasteiger partial charge in [0.15, 0.2) is 9.84 Å². The van der Waals surface area contributed by atoms with Gasteiger partial charge in [0.05, 0.1) is 10.3 Å². The summed E-state index contributed by atoms with van der Waals surface area (Å²) in [5.74, 6) is -0.524. The van der Waals surface area contributed by atoms with Gasteiger partial charge in [0.2, 0.25) is 0 Å². The number of sulfone groups is 1. The van der Waals surface area contributed by atoms with Crippen molar-refractivity contribution < 1.29 is 12.8 Å². The highest BCUT2D eigenvalue weighted by molar-refractivity contribution is 7.91. The summed E-state index contributed by atoms with van der Waals surface area (Å²) in [4.78, 5) is 2.72. The Bertz CT molecular complexity index is 586. The molecule has 0 radical (unpaired) electrons. The number of H-pyrrole nitrogens is 1. The van der Waals surface area contributed by atoms with Crippen molar-refractivity contribution in [1.29, 1.82) is 0 Å². The Morgan fingerprint density at radius 3 is 2.71 bits per heavy atom. The molecule has 1 aromatic heterocycles. The summed E-state index contributed by atoms with van der Waals surface area (Å²) in [6, 6.07) is 4.40. The predicted octanol–water partition coefficient (Wildman–Crippen LogP) is 1.71. The van der Waals surface area contributed by atoms with E-state index in [1.165, 1.54) is 18.3 Å². The fourth-order valence-electron chi connectivity index (χ4n) is 1.40. The van der Waals surface area contributed by atoms with Gasteiger partial charge >= 0.3 is 0 Å². The molecule has 14 heavy (non-hydrogen) atoms. The molecular formula is C9H8FNO2S. The minimum Gasteiger partial charge on any atom is -0.360 e. The molecule has 0 unspecified atom stereocenters. The van der Waals surface area contributed by atoms with Crippen molar-refractivity contribution in [2.75, 3.05) is 6.26 Å². The quantitative estimate of drug-likeness (QED) is 0.784. The van der Waals surface area contributed by atoms with Gasteiger partial charge in [-0.1, -0.05) is 6.07 Å². The fraction of sp³-hybridized carbons (Fsp3) is 0.111. The second kappa shape index (κ2) is 2.81. The van der Waals surface area contributed by atoms with E-state index in [1.807, 2.05) is 0 Å². The van der Waals surface area contributed by atoms with Gasteiger partial charge in [0, 0.05) is 18.0 Å². The van der Waals surface area contributed by atoms with Crippen molar-refractivity contribution in [2.24, 2.45) is 0 Å². The number of benzene rings is 1. The van der Waals surface area contributed by atoms with E-state index in [9.17, 15) is 12.8 Å². The summed E-state index contributed by atoms with van der Waals surface area (Å²) in [6.45, 7) is 0. The average molecular weight is 213 g/mol. The molecule has 0 aliphatic carbocycles. The maximum Gasteiger partial charge on any atom is 0.177 e. The van der Waals surface area contributed by atoms with Crippen LogP contribution in [0.1, 0.15) is 0 Å². The zero-order valence-corrected chi connectivity index (χ0v) is 8.23. The summed E-state index contributed by atoms with van der Waals surface area (Å²) in [5, 5.41) is 0.134. The second-order valence-corrected chi connectivity index (χ2v) is 5.07. The van der Waals surface area contributed by atoms with E-state index in [-0.39, 0.29) is 10.3 Å². The van der Waals surface area contributed by atoms with E-state index < -0.39 is 15.7 Å². The van der Waals surface area contributed by atoms with Gasteiger partial charge < -0.3 is 4.98 Å². The Kier molecular flexibility index (Phi) is 1.85. The van der Waals surface area contributed by atoms with Crippen LogP contribution in [0.15, 0.2) is 29.3 Å². The number of fused-ring (bicyclic) bond motifs is 1. The first kappa shape index (κ1) is 9.21. The first-order valence-electron chi connectivity index (χ1n) is 3.96. The molecule has 0 aliphatic heterocycles. The summed E-state index contributed by atoms with van der Waals surface area (Å²) >= 11 is 0. The number of hydrogen-bond acceptors (Lipinski definition) is 2. The molecule has 1 N–H and O–H groups in total. The number of aromatic nitrogens is 1. The zero-order valence-electron chi connectivity index (χ0n) is 7.41.